The molecule has 1 fully saturated rings. The third kappa shape index (κ3) is 10.7. The lowest BCUT2D eigenvalue weighted by Gasteiger charge is -2.19. The maximum Gasteiger partial charge on any atom is 0.422 e. The van der Waals surface area contributed by atoms with Crippen LogP contribution in [0.5, 0.6) is 11.8 Å². The van der Waals surface area contributed by atoms with E-state index in [9.17, 15) is 32.3 Å². The quantitative estimate of drug-likeness (QED) is 0.0904. The fraction of sp³-hybridized carbons (Fsp3) is 0.265. The number of ether oxygens (including phenoxy) is 3. The maximum absolute atomic E-state index is 13.0. The molecule has 0 unspecified atom stereocenters. The van der Waals surface area contributed by atoms with Gasteiger partial charge in [0.15, 0.2) is 6.61 Å². The van der Waals surface area contributed by atoms with Crippen LogP contribution >= 0.6 is 11.6 Å². The average Bonchev–Trinajstić information content (AvgIpc) is 3.92. The second-order valence-electron chi connectivity index (χ2n) is 11.5. The predicted octanol–water partition coefficient (Wildman–Crippen LogP) is 4.35. The minimum atomic E-state index is -4.64. The summed E-state index contributed by atoms with van der Waals surface area (Å²) in [6.45, 7) is -2.11. The number of halogens is 4. The van der Waals surface area contributed by atoms with Crippen LogP contribution in [-0.4, -0.2) is 78.2 Å². The number of carbonyl (C=O) groups excluding carboxylic acids is 4. The molecular weight excluding hydrogens is 725 g/mol. The molecule has 15 nitrogen and oxygen atoms in total. The monoisotopic (exact) mass is 756 g/mol. The van der Waals surface area contributed by atoms with E-state index in [1.165, 1.54) is 37.4 Å². The van der Waals surface area contributed by atoms with Crippen LogP contribution in [0.1, 0.15) is 28.8 Å². The fourth-order valence-electron chi connectivity index (χ4n) is 4.85. The number of nitrogens with one attached hydrogen (secondary N) is 5. The summed E-state index contributed by atoms with van der Waals surface area (Å²) in [6.07, 6.45) is -3.24. The number of hydrogen-bond donors (Lipinski definition) is 5. The molecular formula is C34H32ClF3N8O7. The molecule has 5 rings (SSSR count). The number of anilines is 4. The lowest BCUT2D eigenvalue weighted by atomic mass is 10.1. The smallest absolute Gasteiger partial charge is 0.422 e. The highest BCUT2D eigenvalue weighted by atomic mass is 35.5. The van der Waals surface area contributed by atoms with E-state index < -0.39 is 60.6 Å². The van der Waals surface area contributed by atoms with Gasteiger partial charge in [0.05, 0.1) is 19.8 Å². The Labute approximate surface area is 305 Å². The van der Waals surface area contributed by atoms with E-state index in [0.29, 0.717) is 35.0 Å². The van der Waals surface area contributed by atoms with Crippen LogP contribution < -0.4 is 36.1 Å². The molecule has 0 bridgehead atoms. The zero-order valence-electron chi connectivity index (χ0n) is 28.0. The van der Waals surface area contributed by atoms with Gasteiger partial charge in [-0.3, -0.25) is 14.4 Å². The van der Waals surface area contributed by atoms with Gasteiger partial charge in [0.2, 0.25) is 11.9 Å². The van der Waals surface area contributed by atoms with Gasteiger partial charge in [-0.1, -0.05) is 29.8 Å². The van der Waals surface area contributed by atoms with Crippen molar-refractivity contribution in [3.8, 4) is 11.8 Å². The predicted molar refractivity (Wildman–Crippen MR) is 185 cm³/mol. The van der Waals surface area contributed by atoms with Crippen LogP contribution in [0.4, 0.5) is 36.4 Å². The van der Waals surface area contributed by atoms with Crippen molar-refractivity contribution in [3.05, 3.63) is 88.9 Å². The topological polar surface area (TPSA) is 195 Å². The third-order valence-electron chi connectivity index (χ3n) is 7.67. The van der Waals surface area contributed by atoms with E-state index >= 15 is 0 Å². The van der Waals surface area contributed by atoms with Crippen LogP contribution in [0, 0.1) is 0 Å². The molecule has 4 aromatic rings. The van der Waals surface area contributed by atoms with Crippen molar-refractivity contribution in [3.63, 3.8) is 0 Å². The Morgan fingerprint density at radius 1 is 0.887 bits per heavy atom. The number of aromatic nitrogens is 3. The van der Waals surface area contributed by atoms with Crippen molar-refractivity contribution in [2.75, 3.05) is 43.3 Å². The molecule has 0 aliphatic heterocycles. The molecule has 0 saturated heterocycles. The lowest BCUT2D eigenvalue weighted by Crippen LogP contribution is -2.50. The highest BCUT2D eigenvalue weighted by molar-refractivity contribution is 6.39. The molecule has 19 heteroatoms. The Balaban J connectivity index is 1.23. The normalized spacial score (nSPS) is 13.5. The molecule has 0 spiro atoms. The van der Waals surface area contributed by atoms with E-state index in [4.69, 9.17) is 25.8 Å². The first kappa shape index (κ1) is 38.1. The molecule has 1 heterocycles. The molecule has 278 valence electrons. The first-order valence-electron chi connectivity index (χ1n) is 15.7. The van der Waals surface area contributed by atoms with Crippen molar-refractivity contribution in [2.45, 2.75) is 30.6 Å². The van der Waals surface area contributed by atoms with Crippen molar-refractivity contribution in [1.29, 1.82) is 0 Å². The number of amides is 3. The lowest BCUT2D eigenvalue weighted by molar-refractivity contribution is -0.154. The molecule has 53 heavy (non-hydrogen) atoms. The van der Waals surface area contributed by atoms with Crippen LogP contribution in [0.2, 0.25) is 5.02 Å². The standard InChI is InChI=1S/C34H32ClF3N8O7/c1-51-24-5-3-4-23(16-24)40-28(49)27(48)39-17-25(29(50)52-2)42-26(47)19-6-12-22(13-7-19)41-30-43-31(45-32(44-30)53-18-34(36,37)38)46-33(14-15-33)20-8-10-21(35)11-9-20/h3-13,16,25H,14-15,17-18H2,1-2H3,(H,39,48)(H,40,49)(H,42,47)(H2,41,43,44,45,46)/t25-/m0/s1. The molecule has 3 amide bonds. The van der Waals surface area contributed by atoms with Crippen molar-refractivity contribution in [2.24, 2.45) is 0 Å². The minimum absolute atomic E-state index is 0.0400. The van der Waals surface area contributed by atoms with Crippen molar-refractivity contribution < 1.29 is 46.6 Å². The summed E-state index contributed by atoms with van der Waals surface area (Å²) in [5, 5.41) is 13.7. The summed E-state index contributed by atoms with van der Waals surface area (Å²) >= 11 is 6.02. The average molecular weight is 757 g/mol. The zero-order valence-corrected chi connectivity index (χ0v) is 28.8. The molecule has 1 saturated carbocycles. The zero-order chi connectivity index (χ0) is 38.2. The molecule has 0 radical (unpaired) electrons. The van der Waals surface area contributed by atoms with E-state index in [1.807, 2.05) is 12.1 Å². The van der Waals surface area contributed by atoms with E-state index in [-0.39, 0.29) is 17.5 Å². The Hall–Kier alpha value is -6.17. The number of benzene rings is 3. The highest BCUT2D eigenvalue weighted by Gasteiger charge is 2.45. The summed E-state index contributed by atoms with van der Waals surface area (Å²) in [5.74, 6) is -3.46. The summed E-state index contributed by atoms with van der Waals surface area (Å²) in [6, 6.07) is 17.1. The Bertz CT molecular complexity index is 1960. The van der Waals surface area contributed by atoms with Crippen LogP contribution in [-0.2, 0) is 24.7 Å². The van der Waals surface area contributed by atoms with Gasteiger partial charge in [0.1, 0.15) is 11.8 Å². The van der Waals surface area contributed by atoms with Gasteiger partial charge in [-0.05, 0) is 66.9 Å². The second-order valence-corrected chi connectivity index (χ2v) is 12.0. The van der Waals surface area contributed by atoms with Gasteiger partial charge in [0.25, 0.3) is 5.91 Å². The largest absolute Gasteiger partial charge is 0.497 e. The minimum Gasteiger partial charge on any atom is -0.497 e. The molecule has 1 aliphatic rings. The second kappa shape index (κ2) is 16.4. The first-order valence-corrected chi connectivity index (χ1v) is 16.1. The molecule has 1 aromatic heterocycles. The fourth-order valence-corrected chi connectivity index (χ4v) is 4.97. The number of hydrogen-bond acceptors (Lipinski definition) is 12. The molecule has 1 atom stereocenters. The molecule has 3 aromatic carbocycles. The van der Waals surface area contributed by atoms with Gasteiger partial charge in [0, 0.05) is 34.6 Å². The van der Waals surface area contributed by atoms with Gasteiger partial charge < -0.3 is 40.8 Å². The summed E-state index contributed by atoms with van der Waals surface area (Å²) < 4.78 is 53.5. The van der Waals surface area contributed by atoms with Gasteiger partial charge in [-0.25, -0.2) is 4.79 Å². The van der Waals surface area contributed by atoms with Gasteiger partial charge in [-0.2, -0.15) is 28.1 Å². The number of alkyl halides is 3. The number of esters is 1. The van der Waals surface area contributed by atoms with Crippen molar-refractivity contribution in [1.82, 2.24) is 25.6 Å². The highest BCUT2D eigenvalue weighted by Crippen LogP contribution is 2.48. The number of rotatable bonds is 14. The Morgan fingerprint density at radius 2 is 1.58 bits per heavy atom. The van der Waals surface area contributed by atoms with E-state index in [1.54, 1.807) is 30.3 Å². The number of methoxy groups -OCH3 is 2. The van der Waals surface area contributed by atoms with E-state index in [0.717, 1.165) is 12.7 Å². The molecule has 1 aliphatic carbocycles. The number of nitrogens with zero attached hydrogens (tertiary/aromatic N) is 3. The van der Waals surface area contributed by atoms with Crippen molar-refractivity contribution >= 4 is 58.6 Å². The summed E-state index contributed by atoms with van der Waals surface area (Å²) in [7, 11) is 2.53. The van der Waals surface area contributed by atoms with Gasteiger partial charge >= 0.3 is 30.0 Å². The van der Waals surface area contributed by atoms with E-state index in [2.05, 4.69) is 41.5 Å². The molecule has 5 N–H and O–H groups in total. The van der Waals surface area contributed by atoms with Crippen LogP contribution in [0.25, 0.3) is 0 Å². The Morgan fingerprint density at radius 3 is 2.23 bits per heavy atom. The SMILES string of the molecule is COC(=O)[C@H](CNC(=O)C(=O)Nc1cccc(OC)c1)NC(=O)c1ccc(Nc2nc(NC3(c4ccc(Cl)cc4)CC3)nc(OCC(F)(F)F)n2)cc1. The number of carbonyl (C=O) groups is 4. The summed E-state index contributed by atoms with van der Waals surface area (Å²) in [5.41, 5.74) is 1.03. The summed E-state index contributed by atoms with van der Waals surface area (Å²) in [4.78, 5) is 62.5. The third-order valence-corrected chi connectivity index (χ3v) is 7.92. The maximum atomic E-state index is 13.0. The van der Waals surface area contributed by atoms with Crippen LogP contribution in [0.15, 0.2) is 72.8 Å². The van der Waals surface area contributed by atoms with Crippen LogP contribution in [0.3, 0.4) is 0 Å². The van der Waals surface area contributed by atoms with Gasteiger partial charge in [-0.15, -0.1) is 0 Å². The Kier molecular flexibility index (Phi) is 11.8. The first-order chi connectivity index (χ1) is 25.3.